The predicted octanol–water partition coefficient (Wildman–Crippen LogP) is 1.54. The fraction of sp³-hybridized carbons (Fsp3) is 0.533. The summed E-state index contributed by atoms with van der Waals surface area (Å²) in [6.45, 7) is 6.32. The zero-order valence-corrected chi connectivity index (χ0v) is 12.1. The number of methoxy groups -OCH3 is 1. The van der Waals surface area contributed by atoms with Crippen molar-refractivity contribution in [3.8, 4) is 0 Å². The van der Waals surface area contributed by atoms with Crippen LogP contribution in [0.3, 0.4) is 0 Å². The van der Waals surface area contributed by atoms with Crippen LogP contribution in [0.1, 0.15) is 15.9 Å². The Morgan fingerprint density at radius 3 is 2.60 bits per heavy atom. The molecule has 1 aliphatic heterocycles. The highest BCUT2D eigenvalue weighted by atomic mass is 19.1. The van der Waals surface area contributed by atoms with Crippen LogP contribution in [-0.4, -0.2) is 62.1 Å². The second-order valence-corrected chi connectivity index (χ2v) is 5.09. The summed E-state index contributed by atoms with van der Waals surface area (Å²) in [5.41, 5.74) is 0.990. The van der Waals surface area contributed by atoms with Crippen molar-refractivity contribution in [2.24, 2.45) is 0 Å². The lowest BCUT2D eigenvalue weighted by atomic mass is 10.1. The molecule has 1 aliphatic rings. The van der Waals surface area contributed by atoms with Crippen molar-refractivity contribution < 1.29 is 13.9 Å². The van der Waals surface area contributed by atoms with Gasteiger partial charge in [-0.05, 0) is 24.6 Å². The normalized spacial score (nSPS) is 16.4. The summed E-state index contributed by atoms with van der Waals surface area (Å²) < 4.78 is 18.6. The van der Waals surface area contributed by atoms with Crippen LogP contribution in [0.4, 0.5) is 4.39 Å². The van der Waals surface area contributed by atoms with Crippen molar-refractivity contribution in [1.29, 1.82) is 0 Å². The minimum atomic E-state index is -0.324. The molecular weight excluding hydrogens is 259 g/mol. The molecule has 110 valence electrons. The maximum Gasteiger partial charge on any atom is 0.254 e. The van der Waals surface area contributed by atoms with Crippen LogP contribution in [-0.2, 0) is 4.74 Å². The molecule has 20 heavy (non-hydrogen) atoms. The third-order valence-electron chi connectivity index (χ3n) is 3.69. The van der Waals surface area contributed by atoms with E-state index in [-0.39, 0.29) is 11.7 Å². The van der Waals surface area contributed by atoms with Gasteiger partial charge in [-0.1, -0.05) is 6.07 Å². The highest BCUT2D eigenvalue weighted by Crippen LogP contribution is 2.13. The number of ether oxygens (including phenoxy) is 1. The van der Waals surface area contributed by atoms with E-state index in [0.29, 0.717) is 30.8 Å². The van der Waals surface area contributed by atoms with Gasteiger partial charge in [-0.15, -0.1) is 0 Å². The van der Waals surface area contributed by atoms with E-state index in [9.17, 15) is 9.18 Å². The Hall–Kier alpha value is -1.46. The Morgan fingerprint density at radius 2 is 2.00 bits per heavy atom. The van der Waals surface area contributed by atoms with Gasteiger partial charge in [0.2, 0.25) is 0 Å². The topological polar surface area (TPSA) is 32.8 Å². The average Bonchev–Trinajstić information content (AvgIpc) is 2.48. The molecule has 1 heterocycles. The molecule has 2 rings (SSSR count). The van der Waals surface area contributed by atoms with Gasteiger partial charge in [-0.2, -0.15) is 0 Å². The number of amides is 1. The average molecular weight is 280 g/mol. The van der Waals surface area contributed by atoms with Crippen molar-refractivity contribution in [3.05, 3.63) is 35.1 Å². The first-order valence-corrected chi connectivity index (χ1v) is 6.88. The molecule has 4 nitrogen and oxygen atoms in total. The van der Waals surface area contributed by atoms with Crippen LogP contribution in [0.2, 0.25) is 0 Å². The van der Waals surface area contributed by atoms with Crippen LogP contribution in [0.15, 0.2) is 18.2 Å². The minimum absolute atomic E-state index is 0.0877. The van der Waals surface area contributed by atoms with E-state index in [2.05, 4.69) is 4.90 Å². The van der Waals surface area contributed by atoms with Gasteiger partial charge in [0, 0.05) is 45.4 Å². The van der Waals surface area contributed by atoms with Gasteiger partial charge in [-0.3, -0.25) is 9.69 Å². The Balaban J connectivity index is 1.92. The minimum Gasteiger partial charge on any atom is -0.383 e. The molecule has 0 radical (unpaired) electrons. The number of rotatable bonds is 4. The number of hydrogen-bond acceptors (Lipinski definition) is 3. The molecule has 0 saturated carbocycles. The van der Waals surface area contributed by atoms with E-state index in [4.69, 9.17) is 4.74 Å². The number of piperazine rings is 1. The maximum absolute atomic E-state index is 13.5. The Labute approximate surface area is 119 Å². The first kappa shape index (κ1) is 14.9. The van der Waals surface area contributed by atoms with Gasteiger partial charge >= 0.3 is 0 Å². The zero-order chi connectivity index (χ0) is 14.5. The van der Waals surface area contributed by atoms with E-state index in [0.717, 1.165) is 19.6 Å². The highest BCUT2D eigenvalue weighted by Gasteiger charge is 2.22. The van der Waals surface area contributed by atoms with E-state index in [1.54, 1.807) is 31.1 Å². The molecule has 0 spiro atoms. The predicted molar refractivity (Wildman–Crippen MR) is 75.4 cm³/mol. The van der Waals surface area contributed by atoms with Crippen LogP contribution in [0.5, 0.6) is 0 Å². The molecule has 0 aliphatic carbocycles. The van der Waals surface area contributed by atoms with Crippen LogP contribution < -0.4 is 0 Å². The molecule has 1 aromatic carbocycles. The second-order valence-electron chi connectivity index (χ2n) is 5.09. The Morgan fingerprint density at radius 1 is 1.30 bits per heavy atom. The van der Waals surface area contributed by atoms with Crippen molar-refractivity contribution in [1.82, 2.24) is 9.80 Å². The number of carbonyl (C=O) groups is 1. The first-order chi connectivity index (χ1) is 9.61. The van der Waals surface area contributed by atoms with E-state index >= 15 is 0 Å². The third kappa shape index (κ3) is 3.55. The summed E-state index contributed by atoms with van der Waals surface area (Å²) in [6.07, 6.45) is 0. The summed E-state index contributed by atoms with van der Waals surface area (Å²) in [6, 6.07) is 4.67. The fourth-order valence-corrected chi connectivity index (χ4v) is 2.30. The molecule has 1 aromatic rings. The van der Waals surface area contributed by atoms with E-state index in [1.165, 1.54) is 6.07 Å². The number of aryl methyl sites for hydroxylation is 1. The van der Waals surface area contributed by atoms with Gasteiger partial charge in [0.25, 0.3) is 5.91 Å². The van der Waals surface area contributed by atoms with Crippen molar-refractivity contribution in [3.63, 3.8) is 0 Å². The van der Waals surface area contributed by atoms with Gasteiger partial charge in [0.1, 0.15) is 5.82 Å². The van der Waals surface area contributed by atoms with Gasteiger partial charge in [0.15, 0.2) is 0 Å². The van der Waals surface area contributed by atoms with Gasteiger partial charge < -0.3 is 9.64 Å². The van der Waals surface area contributed by atoms with Crippen LogP contribution >= 0.6 is 0 Å². The first-order valence-electron chi connectivity index (χ1n) is 6.88. The summed E-state index contributed by atoms with van der Waals surface area (Å²) in [7, 11) is 1.69. The molecule has 1 amide bonds. The lowest BCUT2D eigenvalue weighted by Crippen LogP contribution is -2.49. The molecule has 1 saturated heterocycles. The third-order valence-corrected chi connectivity index (χ3v) is 3.69. The lowest BCUT2D eigenvalue weighted by molar-refractivity contribution is 0.0594. The Kier molecular flexibility index (Phi) is 5.09. The summed E-state index contributed by atoms with van der Waals surface area (Å²) >= 11 is 0. The van der Waals surface area contributed by atoms with Crippen molar-refractivity contribution >= 4 is 5.91 Å². The van der Waals surface area contributed by atoms with Crippen LogP contribution in [0.25, 0.3) is 0 Å². The number of benzene rings is 1. The standard InChI is InChI=1S/C15H21FN2O2/c1-12-3-4-13(11-14(12)16)15(19)18-7-5-17(6-8-18)9-10-20-2/h3-4,11H,5-10H2,1-2H3. The van der Waals surface area contributed by atoms with Gasteiger partial charge in [0.05, 0.1) is 6.61 Å². The molecule has 0 atom stereocenters. The largest absolute Gasteiger partial charge is 0.383 e. The lowest BCUT2D eigenvalue weighted by Gasteiger charge is -2.34. The molecular formula is C15H21FN2O2. The molecule has 0 unspecified atom stereocenters. The summed E-state index contributed by atoms with van der Waals surface area (Å²) in [4.78, 5) is 16.4. The monoisotopic (exact) mass is 280 g/mol. The van der Waals surface area contributed by atoms with Crippen LogP contribution in [0, 0.1) is 12.7 Å². The van der Waals surface area contributed by atoms with Crippen molar-refractivity contribution in [2.75, 3.05) is 46.4 Å². The molecule has 5 heteroatoms. The maximum atomic E-state index is 13.5. The summed E-state index contributed by atoms with van der Waals surface area (Å²) in [5.74, 6) is -0.412. The quantitative estimate of drug-likeness (QED) is 0.838. The zero-order valence-electron chi connectivity index (χ0n) is 12.1. The highest BCUT2D eigenvalue weighted by molar-refractivity contribution is 5.94. The number of hydrogen-bond donors (Lipinski definition) is 0. The second kappa shape index (κ2) is 6.81. The SMILES string of the molecule is COCCN1CCN(C(=O)c2ccc(C)c(F)c2)CC1. The van der Waals surface area contributed by atoms with Gasteiger partial charge in [-0.25, -0.2) is 4.39 Å². The smallest absolute Gasteiger partial charge is 0.254 e. The number of carbonyl (C=O) groups excluding carboxylic acids is 1. The molecule has 0 N–H and O–H groups in total. The molecule has 1 fully saturated rings. The molecule has 0 aromatic heterocycles. The van der Waals surface area contributed by atoms with Crippen molar-refractivity contribution in [2.45, 2.75) is 6.92 Å². The Bertz CT molecular complexity index is 471. The number of halogens is 1. The molecule has 0 bridgehead atoms. The van der Waals surface area contributed by atoms with E-state index < -0.39 is 0 Å². The summed E-state index contributed by atoms with van der Waals surface area (Å²) in [5, 5.41) is 0. The van der Waals surface area contributed by atoms with E-state index in [1.807, 2.05) is 0 Å². The number of nitrogens with zero attached hydrogens (tertiary/aromatic N) is 2. The fourth-order valence-electron chi connectivity index (χ4n) is 2.30.